The van der Waals surface area contributed by atoms with Gasteiger partial charge in [-0.3, -0.25) is 4.79 Å². The van der Waals surface area contributed by atoms with Crippen LogP contribution in [0.2, 0.25) is 0 Å². The molecular formula is C24H37ClN6O4S. The van der Waals surface area contributed by atoms with Crippen LogP contribution in [0, 0.1) is 6.92 Å². The van der Waals surface area contributed by atoms with Crippen molar-refractivity contribution >= 4 is 15.5 Å². The molecular weight excluding hydrogens is 504 g/mol. The van der Waals surface area contributed by atoms with Crippen molar-refractivity contribution in [2.24, 2.45) is 0 Å². The monoisotopic (exact) mass is 540 g/mol. The van der Waals surface area contributed by atoms with Gasteiger partial charge in [-0.15, -0.1) is 5.10 Å². The fourth-order valence-corrected chi connectivity index (χ4v) is 5.89. The van der Waals surface area contributed by atoms with E-state index in [4.69, 9.17) is 4.74 Å². The second-order valence-electron chi connectivity index (χ2n) is 8.53. The molecule has 12 heteroatoms. The van der Waals surface area contributed by atoms with Crippen LogP contribution in [-0.2, 0) is 16.4 Å². The number of nitrogens with one attached hydrogen (secondary N) is 2. The quantitative estimate of drug-likeness (QED) is 0.352. The first-order valence-corrected chi connectivity index (χ1v) is 13.3. The van der Waals surface area contributed by atoms with Crippen LogP contribution in [0.25, 0.3) is 16.9 Å². The lowest BCUT2D eigenvalue weighted by molar-refractivity contribution is -0.901. The number of aromatic amines is 1. The topological polar surface area (TPSA) is 114 Å². The molecule has 0 aliphatic carbocycles. The number of quaternary nitrogens is 1. The van der Waals surface area contributed by atoms with Crippen LogP contribution >= 0.6 is 0 Å². The van der Waals surface area contributed by atoms with Gasteiger partial charge in [0.25, 0.3) is 5.56 Å². The highest BCUT2D eigenvalue weighted by atomic mass is 35.5. The molecule has 0 bridgehead atoms. The fraction of sp³-hybridized carbons (Fsp3) is 0.542. The number of hydrogen-bond acceptors (Lipinski definition) is 6. The van der Waals surface area contributed by atoms with Gasteiger partial charge in [-0.05, 0) is 45.4 Å². The van der Waals surface area contributed by atoms with Crippen molar-refractivity contribution < 1.29 is 30.5 Å². The molecule has 2 aromatic heterocycles. The van der Waals surface area contributed by atoms with E-state index >= 15 is 0 Å². The SMILES string of the molecule is C.CCCc1nc(C)c2c(=O)[nH]c(-c3cc(S(=O)(=O)N4CC[NH+](CC)CC4)ccc3OCC)nn12.[Cl-]. The molecule has 1 saturated heterocycles. The maximum Gasteiger partial charge on any atom is 0.277 e. The van der Waals surface area contributed by atoms with Gasteiger partial charge in [-0.2, -0.15) is 4.31 Å². The van der Waals surface area contributed by atoms with E-state index in [1.165, 1.54) is 9.21 Å². The second-order valence-corrected chi connectivity index (χ2v) is 10.5. The van der Waals surface area contributed by atoms with Crippen molar-refractivity contribution in [3.63, 3.8) is 0 Å². The number of piperazine rings is 1. The Bertz CT molecular complexity index is 1350. The molecule has 0 saturated carbocycles. The Morgan fingerprint density at radius 2 is 1.86 bits per heavy atom. The Balaban J connectivity index is 0.00000228. The zero-order valence-corrected chi connectivity index (χ0v) is 22.2. The number of rotatable bonds is 8. The third-order valence-electron chi connectivity index (χ3n) is 6.29. The average molecular weight is 541 g/mol. The molecule has 1 aliphatic heterocycles. The maximum absolute atomic E-state index is 13.4. The highest BCUT2D eigenvalue weighted by Gasteiger charge is 2.31. The van der Waals surface area contributed by atoms with Crippen LogP contribution < -0.4 is 27.6 Å². The molecule has 36 heavy (non-hydrogen) atoms. The summed E-state index contributed by atoms with van der Waals surface area (Å²) in [5.41, 5.74) is 1.10. The van der Waals surface area contributed by atoms with Crippen LogP contribution in [0.1, 0.15) is 46.1 Å². The van der Waals surface area contributed by atoms with Crippen molar-refractivity contribution in [3.05, 3.63) is 40.1 Å². The van der Waals surface area contributed by atoms with E-state index in [-0.39, 0.29) is 36.1 Å². The molecule has 0 amide bonds. The third-order valence-corrected chi connectivity index (χ3v) is 8.18. The number of imidazole rings is 1. The lowest BCUT2D eigenvalue weighted by atomic mass is 10.2. The Morgan fingerprint density at radius 1 is 1.17 bits per heavy atom. The van der Waals surface area contributed by atoms with Crippen LogP contribution in [-0.4, -0.2) is 71.6 Å². The molecule has 200 valence electrons. The van der Waals surface area contributed by atoms with Crippen molar-refractivity contribution in [2.45, 2.75) is 52.9 Å². The molecule has 1 fully saturated rings. The molecule has 0 spiro atoms. The number of aromatic nitrogens is 4. The summed E-state index contributed by atoms with van der Waals surface area (Å²) in [5, 5.41) is 4.65. The smallest absolute Gasteiger partial charge is 0.277 e. The van der Waals surface area contributed by atoms with E-state index in [1.807, 2.05) is 13.8 Å². The molecule has 0 unspecified atom stereocenters. The third kappa shape index (κ3) is 5.59. The summed E-state index contributed by atoms with van der Waals surface area (Å²) in [7, 11) is -3.70. The number of nitrogens with zero attached hydrogens (tertiary/aromatic N) is 4. The van der Waals surface area contributed by atoms with Gasteiger partial charge in [-0.1, -0.05) is 14.4 Å². The highest BCUT2D eigenvalue weighted by Crippen LogP contribution is 2.31. The summed E-state index contributed by atoms with van der Waals surface area (Å²) in [4.78, 5) is 21.8. The normalized spacial score (nSPS) is 14.9. The van der Waals surface area contributed by atoms with E-state index in [9.17, 15) is 13.2 Å². The lowest BCUT2D eigenvalue weighted by Gasteiger charge is -2.31. The number of aryl methyl sites for hydroxylation is 2. The van der Waals surface area contributed by atoms with Gasteiger partial charge in [0, 0.05) is 6.42 Å². The number of hydrogen-bond donors (Lipinski definition) is 2. The van der Waals surface area contributed by atoms with Crippen molar-refractivity contribution in [2.75, 3.05) is 39.3 Å². The van der Waals surface area contributed by atoms with Crippen molar-refractivity contribution in [3.8, 4) is 17.1 Å². The molecule has 1 aliphatic rings. The van der Waals surface area contributed by atoms with Crippen molar-refractivity contribution in [1.29, 1.82) is 0 Å². The van der Waals surface area contributed by atoms with Crippen LogP contribution in [0.15, 0.2) is 27.9 Å². The number of benzene rings is 1. The van der Waals surface area contributed by atoms with Crippen molar-refractivity contribution in [1.82, 2.24) is 23.9 Å². The van der Waals surface area contributed by atoms with E-state index in [0.717, 1.165) is 26.1 Å². The molecule has 0 atom stereocenters. The van der Waals surface area contributed by atoms with Crippen LogP contribution in [0.4, 0.5) is 0 Å². The fourth-order valence-electron chi connectivity index (χ4n) is 4.42. The Labute approximate surface area is 219 Å². The molecule has 10 nitrogen and oxygen atoms in total. The highest BCUT2D eigenvalue weighted by molar-refractivity contribution is 7.89. The largest absolute Gasteiger partial charge is 1.00 e. The number of H-pyrrole nitrogens is 1. The Morgan fingerprint density at radius 3 is 2.47 bits per heavy atom. The van der Waals surface area contributed by atoms with Crippen LogP contribution in [0.5, 0.6) is 5.75 Å². The molecule has 2 N–H and O–H groups in total. The van der Waals surface area contributed by atoms with Gasteiger partial charge < -0.3 is 27.0 Å². The molecule has 3 aromatic rings. The van der Waals surface area contributed by atoms with Gasteiger partial charge in [0.15, 0.2) is 11.3 Å². The maximum atomic E-state index is 13.4. The van der Waals surface area contributed by atoms with Gasteiger partial charge >= 0.3 is 0 Å². The summed E-state index contributed by atoms with van der Waals surface area (Å²) < 4.78 is 35.7. The number of ether oxygens (including phenoxy) is 1. The minimum Gasteiger partial charge on any atom is -1.00 e. The van der Waals surface area contributed by atoms with Gasteiger partial charge in [0.05, 0.1) is 55.5 Å². The first-order chi connectivity index (χ1) is 16.3. The van der Waals surface area contributed by atoms with E-state index in [0.29, 0.717) is 54.5 Å². The first kappa shape index (κ1) is 29.8. The predicted octanol–water partition coefficient (Wildman–Crippen LogP) is -1.71. The van der Waals surface area contributed by atoms with Gasteiger partial charge in [-0.25, -0.2) is 17.9 Å². The summed E-state index contributed by atoms with van der Waals surface area (Å²) in [6.45, 7) is 11.7. The van der Waals surface area contributed by atoms with Gasteiger partial charge in [0.2, 0.25) is 10.0 Å². The Kier molecular flexibility index (Phi) is 10.1. The average Bonchev–Trinajstić information content (AvgIpc) is 3.15. The summed E-state index contributed by atoms with van der Waals surface area (Å²) in [6, 6.07) is 4.74. The number of likely N-dealkylation sites (N-methyl/N-ethyl adjacent to an activating group) is 1. The van der Waals surface area contributed by atoms with E-state index < -0.39 is 10.0 Å². The lowest BCUT2D eigenvalue weighted by Crippen LogP contribution is -3.14. The number of fused-ring (bicyclic) bond motifs is 1. The predicted molar refractivity (Wildman–Crippen MR) is 136 cm³/mol. The number of sulfonamides is 1. The summed E-state index contributed by atoms with van der Waals surface area (Å²) in [5.74, 6) is 1.39. The first-order valence-electron chi connectivity index (χ1n) is 11.9. The molecule has 1 aromatic carbocycles. The van der Waals surface area contributed by atoms with E-state index in [1.54, 1.807) is 29.6 Å². The molecule has 0 radical (unpaired) electrons. The van der Waals surface area contributed by atoms with E-state index in [2.05, 4.69) is 22.0 Å². The standard InChI is InChI=1S/C23H32N6O4S.CH4.ClH/c1-5-8-20-24-16(4)21-23(30)25-22(26-29(20)21)18-15-17(9-10-19(18)33-7-3)34(31,32)28-13-11-27(6-2)12-14-28;;/h9-10,15H,5-8,11-14H2,1-4H3,(H,25,26,30);1H4;1H. The van der Waals surface area contributed by atoms with Crippen LogP contribution in [0.3, 0.4) is 0 Å². The minimum atomic E-state index is -3.70. The second kappa shape index (κ2) is 12.2. The Hall–Kier alpha value is -2.47. The zero-order chi connectivity index (χ0) is 24.5. The number of halogens is 1. The molecule has 3 heterocycles. The minimum absolute atomic E-state index is 0. The molecule has 4 rings (SSSR count). The summed E-state index contributed by atoms with van der Waals surface area (Å²) >= 11 is 0. The van der Waals surface area contributed by atoms with Gasteiger partial charge in [0.1, 0.15) is 11.6 Å². The zero-order valence-electron chi connectivity index (χ0n) is 20.6. The summed E-state index contributed by atoms with van der Waals surface area (Å²) in [6.07, 6.45) is 1.52.